The first kappa shape index (κ1) is 15.7. The molecule has 2 rings (SSSR count). The van der Waals surface area contributed by atoms with Crippen LogP contribution in [-0.2, 0) is 14.8 Å². The van der Waals surface area contributed by atoms with Gasteiger partial charge in [-0.2, -0.15) is 4.31 Å². The van der Waals surface area contributed by atoms with Gasteiger partial charge in [0.05, 0.1) is 18.5 Å². The SMILES string of the molecule is CCCS(=O)(=O)N1C[C@@H](Oc2cccnc2)C[C@H]1C(N)=O. The minimum absolute atomic E-state index is 0.00358. The maximum absolute atomic E-state index is 12.2. The highest BCUT2D eigenvalue weighted by atomic mass is 32.2. The van der Waals surface area contributed by atoms with E-state index in [0.29, 0.717) is 12.2 Å². The average Bonchev–Trinajstić information content (AvgIpc) is 2.85. The molecule has 0 spiro atoms. The van der Waals surface area contributed by atoms with E-state index in [2.05, 4.69) is 4.98 Å². The lowest BCUT2D eigenvalue weighted by Gasteiger charge is -2.20. The quantitative estimate of drug-likeness (QED) is 0.804. The Morgan fingerprint density at radius 1 is 1.57 bits per heavy atom. The van der Waals surface area contributed by atoms with E-state index < -0.39 is 28.1 Å². The van der Waals surface area contributed by atoms with Gasteiger partial charge < -0.3 is 10.5 Å². The van der Waals surface area contributed by atoms with Crippen LogP contribution in [0.2, 0.25) is 0 Å². The molecule has 1 aromatic rings. The van der Waals surface area contributed by atoms with Crippen LogP contribution >= 0.6 is 0 Å². The smallest absolute Gasteiger partial charge is 0.236 e. The predicted octanol–water partition coefficient (Wildman–Crippen LogP) is 0.128. The Balaban J connectivity index is 2.14. The number of sulfonamides is 1. The lowest BCUT2D eigenvalue weighted by Crippen LogP contribution is -2.44. The van der Waals surface area contributed by atoms with Gasteiger partial charge in [-0.05, 0) is 18.6 Å². The highest BCUT2D eigenvalue weighted by Crippen LogP contribution is 2.25. The van der Waals surface area contributed by atoms with Crippen LogP contribution < -0.4 is 10.5 Å². The van der Waals surface area contributed by atoms with Gasteiger partial charge in [0.25, 0.3) is 0 Å². The van der Waals surface area contributed by atoms with Crippen molar-refractivity contribution in [1.29, 1.82) is 0 Å². The molecule has 0 radical (unpaired) electrons. The molecule has 1 aliphatic heterocycles. The first-order valence-electron chi connectivity index (χ1n) is 6.79. The lowest BCUT2D eigenvalue weighted by molar-refractivity contribution is -0.121. The summed E-state index contributed by atoms with van der Waals surface area (Å²) in [5.74, 6) is -0.108. The molecule has 8 heteroatoms. The molecular weight excluding hydrogens is 294 g/mol. The molecule has 2 atom stereocenters. The fourth-order valence-electron chi connectivity index (χ4n) is 2.40. The van der Waals surface area contributed by atoms with Crippen LogP contribution in [0, 0.1) is 0 Å². The fraction of sp³-hybridized carbons (Fsp3) is 0.538. The van der Waals surface area contributed by atoms with Crippen molar-refractivity contribution < 1.29 is 17.9 Å². The number of amides is 1. The molecule has 21 heavy (non-hydrogen) atoms. The Morgan fingerprint density at radius 2 is 2.33 bits per heavy atom. The zero-order valence-electron chi connectivity index (χ0n) is 11.8. The van der Waals surface area contributed by atoms with Crippen molar-refractivity contribution in [3.05, 3.63) is 24.5 Å². The van der Waals surface area contributed by atoms with Gasteiger partial charge in [-0.1, -0.05) is 6.92 Å². The summed E-state index contributed by atoms with van der Waals surface area (Å²) in [6.45, 7) is 1.90. The molecular formula is C13H19N3O4S. The fourth-order valence-corrected chi connectivity index (χ4v) is 4.13. The molecule has 1 amide bonds. The van der Waals surface area contributed by atoms with Crippen LogP contribution in [0.3, 0.4) is 0 Å². The standard InChI is InChI=1S/C13H19N3O4S/c1-2-6-21(18,19)16-9-11(7-12(16)13(14)17)20-10-4-3-5-15-8-10/h3-5,8,11-12H,2,6-7,9H2,1H3,(H2,14,17)/t11-,12-/m0/s1. The Kier molecular flexibility index (Phi) is 4.79. The summed E-state index contributed by atoms with van der Waals surface area (Å²) < 4.78 is 31.2. The minimum Gasteiger partial charge on any atom is -0.487 e. The van der Waals surface area contributed by atoms with Crippen LogP contribution in [0.4, 0.5) is 0 Å². The Hall–Kier alpha value is -1.67. The average molecular weight is 313 g/mol. The van der Waals surface area contributed by atoms with Crippen LogP contribution in [0.5, 0.6) is 5.75 Å². The monoisotopic (exact) mass is 313 g/mol. The molecule has 2 heterocycles. The molecule has 1 fully saturated rings. The van der Waals surface area contributed by atoms with Crippen LogP contribution in [0.25, 0.3) is 0 Å². The second-order valence-electron chi connectivity index (χ2n) is 4.97. The third-order valence-electron chi connectivity index (χ3n) is 3.30. The lowest BCUT2D eigenvalue weighted by atomic mass is 10.2. The van der Waals surface area contributed by atoms with E-state index in [9.17, 15) is 13.2 Å². The summed E-state index contributed by atoms with van der Waals surface area (Å²) in [5.41, 5.74) is 5.32. The van der Waals surface area contributed by atoms with Crippen LogP contribution in [0.1, 0.15) is 19.8 Å². The van der Waals surface area contributed by atoms with E-state index in [1.54, 1.807) is 31.5 Å². The van der Waals surface area contributed by atoms with E-state index in [0.717, 1.165) is 0 Å². The van der Waals surface area contributed by atoms with E-state index in [1.165, 1.54) is 4.31 Å². The van der Waals surface area contributed by atoms with Crippen molar-refractivity contribution in [2.75, 3.05) is 12.3 Å². The third kappa shape index (κ3) is 3.70. The Bertz CT molecular complexity index is 591. The normalized spacial score (nSPS) is 23.1. The van der Waals surface area contributed by atoms with Crippen molar-refractivity contribution in [3.8, 4) is 5.75 Å². The number of nitrogens with zero attached hydrogens (tertiary/aromatic N) is 2. The van der Waals surface area contributed by atoms with Gasteiger partial charge in [-0.3, -0.25) is 9.78 Å². The van der Waals surface area contributed by atoms with Gasteiger partial charge in [0.2, 0.25) is 15.9 Å². The molecule has 0 bridgehead atoms. The van der Waals surface area contributed by atoms with E-state index in [4.69, 9.17) is 10.5 Å². The third-order valence-corrected chi connectivity index (χ3v) is 5.34. The maximum atomic E-state index is 12.2. The number of pyridine rings is 1. The Morgan fingerprint density at radius 3 is 2.90 bits per heavy atom. The van der Waals surface area contributed by atoms with Crippen molar-refractivity contribution in [3.63, 3.8) is 0 Å². The summed E-state index contributed by atoms with van der Waals surface area (Å²) in [6.07, 6.45) is 3.50. The van der Waals surface area contributed by atoms with Gasteiger partial charge in [-0.15, -0.1) is 0 Å². The molecule has 116 valence electrons. The molecule has 0 saturated carbocycles. The zero-order valence-corrected chi connectivity index (χ0v) is 12.6. The topological polar surface area (TPSA) is 103 Å². The maximum Gasteiger partial charge on any atom is 0.236 e. The summed E-state index contributed by atoms with van der Waals surface area (Å²) in [7, 11) is -3.49. The van der Waals surface area contributed by atoms with Crippen molar-refractivity contribution in [2.24, 2.45) is 5.73 Å². The molecule has 0 unspecified atom stereocenters. The first-order chi connectivity index (χ1) is 9.94. The van der Waals surface area contributed by atoms with Gasteiger partial charge in [0, 0.05) is 12.6 Å². The molecule has 0 aromatic carbocycles. The van der Waals surface area contributed by atoms with Gasteiger partial charge in [-0.25, -0.2) is 8.42 Å². The molecule has 7 nitrogen and oxygen atoms in total. The summed E-state index contributed by atoms with van der Waals surface area (Å²) >= 11 is 0. The van der Waals surface area contributed by atoms with Gasteiger partial charge in [0.1, 0.15) is 17.9 Å². The van der Waals surface area contributed by atoms with Gasteiger partial charge >= 0.3 is 0 Å². The van der Waals surface area contributed by atoms with E-state index in [1.807, 2.05) is 0 Å². The van der Waals surface area contributed by atoms with Crippen molar-refractivity contribution in [1.82, 2.24) is 9.29 Å². The summed E-state index contributed by atoms with van der Waals surface area (Å²) in [6, 6.07) is 2.61. The number of carbonyl (C=O) groups is 1. The van der Waals surface area contributed by atoms with Crippen molar-refractivity contribution >= 4 is 15.9 Å². The number of rotatable bonds is 6. The molecule has 1 aliphatic rings. The first-order valence-corrected chi connectivity index (χ1v) is 8.40. The summed E-state index contributed by atoms with van der Waals surface area (Å²) in [5, 5.41) is 0. The highest BCUT2D eigenvalue weighted by Gasteiger charge is 2.43. The second-order valence-corrected chi connectivity index (χ2v) is 7.01. The highest BCUT2D eigenvalue weighted by molar-refractivity contribution is 7.89. The van der Waals surface area contributed by atoms with Crippen LogP contribution in [-0.4, -0.2) is 48.1 Å². The number of hydrogen-bond donors (Lipinski definition) is 1. The minimum atomic E-state index is -3.49. The second kappa shape index (κ2) is 6.40. The van der Waals surface area contributed by atoms with E-state index in [-0.39, 0.29) is 18.7 Å². The zero-order chi connectivity index (χ0) is 15.5. The molecule has 0 aliphatic carbocycles. The number of aromatic nitrogens is 1. The number of hydrogen-bond acceptors (Lipinski definition) is 5. The number of nitrogens with two attached hydrogens (primary N) is 1. The largest absolute Gasteiger partial charge is 0.487 e. The van der Waals surface area contributed by atoms with Crippen molar-refractivity contribution in [2.45, 2.75) is 31.9 Å². The van der Waals surface area contributed by atoms with E-state index >= 15 is 0 Å². The number of primary amides is 1. The molecule has 1 saturated heterocycles. The molecule has 1 aromatic heterocycles. The molecule has 2 N–H and O–H groups in total. The Labute approximate surface area is 124 Å². The number of carbonyl (C=O) groups excluding carboxylic acids is 1. The summed E-state index contributed by atoms with van der Waals surface area (Å²) in [4.78, 5) is 15.4. The predicted molar refractivity (Wildman–Crippen MR) is 77.0 cm³/mol. The van der Waals surface area contributed by atoms with Crippen LogP contribution in [0.15, 0.2) is 24.5 Å². The number of ether oxygens (including phenoxy) is 1. The van der Waals surface area contributed by atoms with Gasteiger partial charge in [0.15, 0.2) is 0 Å².